The third-order valence-electron chi connectivity index (χ3n) is 8.58. The average molecular weight is 523 g/mol. The van der Waals surface area contributed by atoms with Gasteiger partial charge in [-0.25, -0.2) is 4.79 Å². The number of imide groups is 1. The second-order valence-corrected chi connectivity index (χ2v) is 11.0. The zero-order valence-corrected chi connectivity index (χ0v) is 21.9. The zero-order chi connectivity index (χ0) is 27.3. The van der Waals surface area contributed by atoms with Gasteiger partial charge in [0.1, 0.15) is 0 Å². The molecule has 3 aliphatic rings. The summed E-state index contributed by atoms with van der Waals surface area (Å²) in [6.07, 6.45) is 1.82. The summed E-state index contributed by atoms with van der Waals surface area (Å²) >= 11 is 0. The van der Waals surface area contributed by atoms with E-state index in [0.717, 1.165) is 24.0 Å². The summed E-state index contributed by atoms with van der Waals surface area (Å²) in [6, 6.07) is 22.3. The average Bonchev–Trinajstić information content (AvgIpc) is 3.61. The fourth-order valence-electron chi connectivity index (χ4n) is 6.84. The van der Waals surface area contributed by atoms with Crippen LogP contribution in [0.2, 0.25) is 0 Å². The SMILES string of the molecule is Cc1ccc(C)c(NC(=O)COC(=O)c2cccc(N3C(=O)[C@@H]4[C@@H]5C[C@@H]([C@@H]4C3=O)[C@@H](c3ccccc3)C5)c2)c1. The molecule has 0 spiro atoms. The van der Waals surface area contributed by atoms with Gasteiger partial charge in [0.15, 0.2) is 6.61 Å². The highest BCUT2D eigenvalue weighted by molar-refractivity contribution is 6.23. The summed E-state index contributed by atoms with van der Waals surface area (Å²) in [4.78, 5) is 53.5. The molecular formula is C32H30N2O5. The van der Waals surface area contributed by atoms with Gasteiger partial charge in [0.25, 0.3) is 5.91 Å². The molecule has 1 N–H and O–H groups in total. The number of aryl methyl sites for hydroxylation is 2. The molecule has 7 heteroatoms. The van der Waals surface area contributed by atoms with E-state index >= 15 is 0 Å². The normalized spacial score (nSPS) is 25.1. The van der Waals surface area contributed by atoms with E-state index in [0.29, 0.717) is 11.4 Å². The monoisotopic (exact) mass is 522 g/mol. The van der Waals surface area contributed by atoms with Crippen LogP contribution in [0.3, 0.4) is 0 Å². The van der Waals surface area contributed by atoms with Crippen LogP contribution >= 0.6 is 0 Å². The molecule has 1 heterocycles. The van der Waals surface area contributed by atoms with Crippen LogP contribution < -0.4 is 10.2 Å². The maximum atomic E-state index is 13.6. The van der Waals surface area contributed by atoms with Crippen molar-refractivity contribution in [2.24, 2.45) is 23.7 Å². The first-order chi connectivity index (χ1) is 18.8. The van der Waals surface area contributed by atoms with Crippen LogP contribution in [-0.2, 0) is 19.1 Å². The molecule has 198 valence electrons. The summed E-state index contributed by atoms with van der Waals surface area (Å²) in [7, 11) is 0. The summed E-state index contributed by atoms with van der Waals surface area (Å²) in [5.41, 5.74) is 4.34. The van der Waals surface area contributed by atoms with Crippen molar-refractivity contribution in [2.45, 2.75) is 32.6 Å². The maximum absolute atomic E-state index is 13.6. The molecule has 1 saturated heterocycles. The van der Waals surface area contributed by atoms with Gasteiger partial charge in [-0.15, -0.1) is 0 Å². The molecule has 0 unspecified atom stereocenters. The molecule has 0 radical (unpaired) electrons. The van der Waals surface area contributed by atoms with E-state index in [9.17, 15) is 19.2 Å². The van der Waals surface area contributed by atoms with E-state index in [-0.39, 0.29) is 47.0 Å². The number of nitrogens with one attached hydrogen (secondary N) is 1. The van der Waals surface area contributed by atoms with E-state index < -0.39 is 18.5 Å². The molecule has 39 heavy (non-hydrogen) atoms. The third-order valence-corrected chi connectivity index (χ3v) is 8.58. The van der Waals surface area contributed by atoms with Gasteiger partial charge in [0.2, 0.25) is 11.8 Å². The molecular weight excluding hydrogens is 492 g/mol. The minimum Gasteiger partial charge on any atom is -0.452 e. The minimum absolute atomic E-state index is 0.146. The number of hydrogen-bond acceptors (Lipinski definition) is 5. The number of anilines is 2. The number of amides is 3. The summed E-state index contributed by atoms with van der Waals surface area (Å²) < 4.78 is 5.25. The number of ether oxygens (including phenoxy) is 1. The molecule has 5 atom stereocenters. The molecule has 2 saturated carbocycles. The van der Waals surface area contributed by atoms with Crippen molar-refractivity contribution in [1.82, 2.24) is 0 Å². The smallest absolute Gasteiger partial charge is 0.338 e. The number of esters is 1. The Hall–Kier alpha value is -4.26. The Bertz CT molecular complexity index is 1480. The molecule has 2 bridgehead atoms. The van der Waals surface area contributed by atoms with Gasteiger partial charge in [-0.05, 0) is 85.4 Å². The molecule has 3 aromatic rings. The van der Waals surface area contributed by atoms with E-state index in [1.54, 1.807) is 18.2 Å². The largest absolute Gasteiger partial charge is 0.452 e. The highest BCUT2D eigenvalue weighted by atomic mass is 16.5. The highest BCUT2D eigenvalue weighted by Gasteiger charge is 2.64. The van der Waals surface area contributed by atoms with Crippen molar-refractivity contribution in [3.8, 4) is 0 Å². The number of rotatable bonds is 6. The molecule has 7 nitrogen and oxygen atoms in total. The number of hydrogen-bond donors (Lipinski definition) is 1. The lowest BCUT2D eigenvalue weighted by molar-refractivity contribution is -0.123. The van der Waals surface area contributed by atoms with Crippen LogP contribution in [0.4, 0.5) is 11.4 Å². The maximum Gasteiger partial charge on any atom is 0.338 e. The lowest BCUT2D eigenvalue weighted by atomic mass is 9.73. The van der Waals surface area contributed by atoms with Crippen molar-refractivity contribution >= 4 is 35.1 Å². The van der Waals surface area contributed by atoms with Crippen molar-refractivity contribution in [3.63, 3.8) is 0 Å². The second-order valence-electron chi connectivity index (χ2n) is 11.0. The Morgan fingerprint density at radius 1 is 0.897 bits per heavy atom. The van der Waals surface area contributed by atoms with E-state index in [1.165, 1.54) is 16.5 Å². The van der Waals surface area contributed by atoms with Gasteiger partial charge < -0.3 is 10.1 Å². The first kappa shape index (κ1) is 25.0. The molecule has 6 rings (SSSR count). The van der Waals surface area contributed by atoms with Gasteiger partial charge in [0, 0.05) is 5.69 Å². The van der Waals surface area contributed by atoms with Crippen molar-refractivity contribution in [1.29, 1.82) is 0 Å². The Labute approximate surface area is 227 Å². The highest BCUT2D eigenvalue weighted by Crippen LogP contribution is 2.61. The third kappa shape index (κ3) is 4.42. The summed E-state index contributed by atoms with van der Waals surface area (Å²) in [5.74, 6) is -1.52. The fraction of sp³-hybridized carbons (Fsp3) is 0.312. The van der Waals surface area contributed by atoms with Crippen LogP contribution in [0, 0.1) is 37.5 Å². The van der Waals surface area contributed by atoms with Crippen LogP contribution in [0.25, 0.3) is 0 Å². The van der Waals surface area contributed by atoms with Crippen molar-refractivity contribution in [2.75, 3.05) is 16.8 Å². The van der Waals surface area contributed by atoms with Gasteiger partial charge in [-0.1, -0.05) is 48.5 Å². The first-order valence-electron chi connectivity index (χ1n) is 13.4. The Kier molecular flexibility index (Phi) is 6.29. The lowest BCUT2D eigenvalue weighted by Crippen LogP contribution is -2.33. The van der Waals surface area contributed by atoms with Crippen molar-refractivity contribution in [3.05, 3.63) is 95.1 Å². The fourth-order valence-corrected chi connectivity index (χ4v) is 6.84. The predicted octanol–water partition coefficient (Wildman–Crippen LogP) is 5.03. The van der Waals surface area contributed by atoms with Crippen LogP contribution in [0.5, 0.6) is 0 Å². The number of fused-ring (bicyclic) bond motifs is 5. The molecule has 3 fully saturated rings. The Morgan fingerprint density at radius 2 is 1.67 bits per heavy atom. The topological polar surface area (TPSA) is 92.8 Å². The molecule has 2 aliphatic carbocycles. The minimum atomic E-state index is -0.698. The zero-order valence-electron chi connectivity index (χ0n) is 21.9. The van der Waals surface area contributed by atoms with E-state index in [1.807, 2.05) is 50.2 Å². The van der Waals surface area contributed by atoms with Crippen LogP contribution in [-0.4, -0.2) is 30.3 Å². The second kappa shape index (κ2) is 9.80. The standard InChI is InChI=1S/C32H30N2O5/c1-18-11-12-19(2)26(13-18)33-27(35)17-39-32(38)21-9-6-10-23(14-21)34-30(36)28-22-15-24(20-7-4-3-5-8-20)25(16-22)29(28)31(34)37/h3-14,22,24-25,28-29H,15-17H2,1-2H3,(H,33,35)/t22-,24+,25+,28+,29-/m0/s1. The first-order valence-corrected chi connectivity index (χ1v) is 13.4. The van der Waals surface area contributed by atoms with Crippen molar-refractivity contribution < 1.29 is 23.9 Å². The van der Waals surface area contributed by atoms with Crippen LogP contribution in [0.1, 0.15) is 45.8 Å². The van der Waals surface area contributed by atoms with E-state index in [4.69, 9.17) is 4.74 Å². The summed E-state index contributed by atoms with van der Waals surface area (Å²) in [6.45, 7) is 3.36. The quantitative estimate of drug-likeness (QED) is 0.362. The number of carbonyl (C=O) groups is 4. The Balaban J connectivity index is 1.14. The molecule has 0 aromatic heterocycles. The van der Waals surface area contributed by atoms with Gasteiger partial charge >= 0.3 is 5.97 Å². The summed E-state index contributed by atoms with van der Waals surface area (Å²) in [5, 5.41) is 2.76. The molecule has 3 amide bonds. The molecule has 1 aliphatic heterocycles. The lowest BCUT2D eigenvalue weighted by Gasteiger charge is -2.28. The number of carbonyl (C=O) groups excluding carboxylic acids is 4. The Morgan fingerprint density at radius 3 is 2.46 bits per heavy atom. The van der Waals surface area contributed by atoms with E-state index in [2.05, 4.69) is 17.4 Å². The van der Waals surface area contributed by atoms with Crippen LogP contribution in [0.15, 0.2) is 72.8 Å². The molecule has 3 aromatic carbocycles. The van der Waals surface area contributed by atoms with Gasteiger partial charge in [0.05, 0.1) is 23.1 Å². The number of benzene rings is 3. The van der Waals surface area contributed by atoms with Gasteiger partial charge in [-0.3, -0.25) is 19.3 Å². The van der Waals surface area contributed by atoms with Gasteiger partial charge in [-0.2, -0.15) is 0 Å². The predicted molar refractivity (Wildman–Crippen MR) is 146 cm³/mol. The number of nitrogens with zero attached hydrogens (tertiary/aromatic N) is 1.